The molecule has 2 aromatic rings. The average molecular weight is 415 g/mol. The molecule has 2 saturated carbocycles. The van der Waals surface area contributed by atoms with Gasteiger partial charge in [-0.3, -0.25) is 0 Å². The smallest absolute Gasteiger partial charge is 0.139 e. The molecule has 0 aliphatic heterocycles. The summed E-state index contributed by atoms with van der Waals surface area (Å²) in [6.07, 6.45) is 11.3. The minimum Gasteiger partial charge on any atom is -0.490 e. The van der Waals surface area contributed by atoms with Crippen LogP contribution >= 0.6 is 0 Å². The van der Waals surface area contributed by atoms with Gasteiger partial charge >= 0.3 is 0 Å². The summed E-state index contributed by atoms with van der Waals surface area (Å²) >= 11 is 0. The fourth-order valence-corrected chi connectivity index (χ4v) is 5.26. The van der Waals surface area contributed by atoms with Crippen LogP contribution in [0.25, 0.3) is 0 Å². The van der Waals surface area contributed by atoms with Crippen LogP contribution in [-0.4, -0.2) is 6.61 Å². The quantitative estimate of drug-likeness (QED) is 0.369. The predicted octanol–water partition coefficient (Wildman–Crippen LogP) is 7.28. The zero-order chi connectivity index (χ0) is 21.6. The van der Waals surface area contributed by atoms with Crippen LogP contribution in [0.4, 0.5) is 4.39 Å². The fourth-order valence-electron chi connectivity index (χ4n) is 5.26. The van der Waals surface area contributed by atoms with Crippen LogP contribution in [0.2, 0.25) is 0 Å². The number of benzene rings is 2. The van der Waals surface area contributed by atoms with Gasteiger partial charge in [-0.2, -0.15) is 0 Å². The van der Waals surface area contributed by atoms with Gasteiger partial charge in [0.1, 0.15) is 18.2 Å². The van der Waals surface area contributed by atoms with Crippen LogP contribution in [-0.2, 0) is 0 Å². The minimum atomic E-state index is -0.214. The molecular formula is C29H31FO. The lowest BCUT2D eigenvalue weighted by molar-refractivity contribution is 0.133. The molecule has 1 nitrogen and oxygen atoms in total. The predicted molar refractivity (Wildman–Crippen MR) is 126 cm³/mol. The number of ether oxygens (including phenoxy) is 1. The maximum Gasteiger partial charge on any atom is 0.139 e. The van der Waals surface area contributed by atoms with Crippen LogP contribution < -0.4 is 4.74 Å². The topological polar surface area (TPSA) is 9.23 Å². The van der Waals surface area contributed by atoms with Gasteiger partial charge in [-0.15, -0.1) is 6.58 Å². The number of rotatable bonds is 5. The Balaban J connectivity index is 1.40. The molecule has 0 N–H and O–H groups in total. The van der Waals surface area contributed by atoms with Crippen LogP contribution in [0.15, 0.2) is 67.8 Å². The summed E-state index contributed by atoms with van der Waals surface area (Å²) < 4.78 is 20.3. The molecule has 4 rings (SSSR count). The van der Waals surface area contributed by atoms with Crippen LogP contribution in [0, 0.1) is 35.4 Å². The second kappa shape index (κ2) is 10.0. The van der Waals surface area contributed by atoms with Crippen molar-refractivity contribution in [2.24, 2.45) is 17.8 Å². The van der Waals surface area contributed by atoms with E-state index in [1.165, 1.54) is 32.1 Å². The van der Waals surface area contributed by atoms with E-state index in [0.29, 0.717) is 24.0 Å². The van der Waals surface area contributed by atoms with Gasteiger partial charge in [0.2, 0.25) is 0 Å². The molecule has 0 bridgehead atoms. The Morgan fingerprint density at radius 1 is 0.935 bits per heavy atom. The molecule has 2 fully saturated rings. The third kappa shape index (κ3) is 5.28. The highest BCUT2D eigenvalue weighted by atomic mass is 19.1. The molecule has 0 amide bonds. The van der Waals surface area contributed by atoms with Crippen molar-refractivity contribution in [3.05, 3.63) is 90.3 Å². The summed E-state index contributed by atoms with van der Waals surface area (Å²) in [5.74, 6) is 9.39. The molecule has 4 atom stereocenters. The van der Waals surface area contributed by atoms with E-state index in [9.17, 15) is 4.39 Å². The van der Waals surface area contributed by atoms with Crippen molar-refractivity contribution in [1.29, 1.82) is 0 Å². The van der Waals surface area contributed by atoms with Crippen LogP contribution in [0.1, 0.15) is 61.1 Å². The molecule has 4 unspecified atom stereocenters. The van der Waals surface area contributed by atoms with Crippen molar-refractivity contribution in [2.45, 2.75) is 44.4 Å². The summed E-state index contributed by atoms with van der Waals surface area (Å²) in [4.78, 5) is 0. The number of hydrogen-bond donors (Lipinski definition) is 0. The summed E-state index contributed by atoms with van der Waals surface area (Å²) in [5.41, 5.74) is 2.43. The highest BCUT2D eigenvalue weighted by Crippen LogP contribution is 2.47. The van der Waals surface area contributed by atoms with Gasteiger partial charge in [0.25, 0.3) is 0 Å². The van der Waals surface area contributed by atoms with Gasteiger partial charge in [0.05, 0.1) is 5.56 Å². The first-order chi connectivity index (χ1) is 15.2. The van der Waals surface area contributed by atoms with Crippen molar-refractivity contribution < 1.29 is 9.13 Å². The standard InChI is InChI=1S/C29H31FO/c1-3-17-31-28-15-7-22(8-16-28)6-9-23-11-12-27(20-29(23)30)26-14-13-24-18-21(4-2)5-10-25(24)19-26/h3-4,7-8,11-12,15-16,20-21,24-26H,1-2,5,10,13-14,17-19H2. The van der Waals surface area contributed by atoms with Crippen molar-refractivity contribution in [1.82, 2.24) is 0 Å². The Morgan fingerprint density at radius 2 is 1.71 bits per heavy atom. The Bertz CT molecular complexity index is 978. The van der Waals surface area contributed by atoms with Crippen molar-refractivity contribution >= 4 is 0 Å². The summed E-state index contributed by atoms with van der Waals surface area (Å²) in [5, 5.41) is 0. The molecule has 0 aromatic heterocycles. The van der Waals surface area contributed by atoms with E-state index in [1.807, 2.05) is 30.3 Å². The number of hydrogen-bond acceptors (Lipinski definition) is 1. The van der Waals surface area contributed by atoms with Gasteiger partial charge in [-0.1, -0.05) is 36.6 Å². The molecule has 2 aromatic carbocycles. The molecule has 0 saturated heterocycles. The molecule has 2 heteroatoms. The van der Waals surface area contributed by atoms with Crippen LogP contribution in [0.3, 0.4) is 0 Å². The van der Waals surface area contributed by atoms with E-state index in [2.05, 4.69) is 37.1 Å². The normalized spacial score (nSPS) is 24.9. The SMILES string of the molecule is C=CCOc1ccc(C#Cc2ccc(C3CCC4CC(C=C)CCC4C3)cc2F)cc1. The zero-order valence-electron chi connectivity index (χ0n) is 18.2. The molecule has 0 heterocycles. The van der Waals surface area contributed by atoms with E-state index >= 15 is 0 Å². The lowest BCUT2D eigenvalue weighted by Crippen LogP contribution is -2.30. The van der Waals surface area contributed by atoms with E-state index in [-0.39, 0.29) is 5.82 Å². The van der Waals surface area contributed by atoms with Crippen molar-refractivity contribution in [2.75, 3.05) is 6.61 Å². The number of halogens is 1. The van der Waals surface area contributed by atoms with Crippen LogP contribution in [0.5, 0.6) is 5.75 Å². The summed E-state index contributed by atoms with van der Waals surface area (Å²) in [7, 11) is 0. The fraction of sp³-hybridized carbons (Fsp3) is 0.379. The van der Waals surface area contributed by atoms with Crippen molar-refractivity contribution in [3.8, 4) is 17.6 Å². The Morgan fingerprint density at radius 3 is 2.45 bits per heavy atom. The maximum atomic E-state index is 14.8. The monoisotopic (exact) mass is 414 g/mol. The van der Waals surface area contributed by atoms with E-state index < -0.39 is 0 Å². The molecule has 160 valence electrons. The molecule has 0 spiro atoms. The average Bonchev–Trinajstić information content (AvgIpc) is 2.82. The lowest BCUT2D eigenvalue weighted by Gasteiger charge is -2.41. The molecule has 2 aliphatic carbocycles. The third-order valence-corrected chi connectivity index (χ3v) is 7.02. The molecule has 31 heavy (non-hydrogen) atoms. The van der Waals surface area contributed by atoms with Crippen molar-refractivity contribution in [3.63, 3.8) is 0 Å². The van der Waals surface area contributed by atoms with E-state index in [4.69, 9.17) is 4.74 Å². The van der Waals surface area contributed by atoms with E-state index in [1.54, 1.807) is 12.1 Å². The third-order valence-electron chi connectivity index (χ3n) is 7.02. The van der Waals surface area contributed by atoms with Gasteiger partial charge in [0.15, 0.2) is 0 Å². The zero-order valence-corrected chi connectivity index (χ0v) is 18.2. The van der Waals surface area contributed by atoms with Gasteiger partial charge in [0, 0.05) is 5.56 Å². The first-order valence-corrected chi connectivity index (χ1v) is 11.4. The van der Waals surface area contributed by atoms with Gasteiger partial charge in [-0.25, -0.2) is 4.39 Å². The minimum absolute atomic E-state index is 0.214. The summed E-state index contributed by atoms with van der Waals surface area (Å²) in [6, 6.07) is 13.2. The number of fused-ring (bicyclic) bond motifs is 1. The molecule has 0 radical (unpaired) electrons. The largest absolute Gasteiger partial charge is 0.490 e. The summed E-state index contributed by atoms with van der Waals surface area (Å²) in [6.45, 7) is 8.10. The Labute approximate surface area is 186 Å². The highest BCUT2D eigenvalue weighted by molar-refractivity contribution is 5.45. The Hall–Kier alpha value is -2.79. The maximum absolute atomic E-state index is 14.8. The van der Waals surface area contributed by atoms with Gasteiger partial charge in [-0.05, 0) is 104 Å². The van der Waals surface area contributed by atoms with Gasteiger partial charge < -0.3 is 4.74 Å². The van der Waals surface area contributed by atoms with E-state index in [0.717, 1.165) is 35.1 Å². The first kappa shape index (κ1) is 21.4. The highest BCUT2D eigenvalue weighted by Gasteiger charge is 2.35. The lowest BCUT2D eigenvalue weighted by atomic mass is 9.64. The number of allylic oxidation sites excluding steroid dienone is 1. The molecular weight excluding hydrogens is 383 g/mol. The first-order valence-electron chi connectivity index (χ1n) is 11.4. The second-order valence-electron chi connectivity index (χ2n) is 8.95. The molecule has 2 aliphatic rings. The Kier molecular flexibility index (Phi) is 6.92. The second-order valence-corrected chi connectivity index (χ2v) is 8.95.